The van der Waals surface area contributed by atoms with Gasteiger partial charge in [-0.2, -0.15) is 0 Å². The normalized spacial score (nSPS) is 10.5. The smallest absolute Gasteiger partial charge is 0.272 e. The maximum Gasteiger partial charge on any atom is 0.272 e. The van der Waals surface area contributed by atoms with E-state index < -0.39 is 0 Å². The summed E-state index contributed by atoms with van der Waals surface area (Å²) in [7, 11) is 3.92. The number of aryl methyl sites for hydroxylation is 1. The monoisotopic (exact) mass is 349 g/mol. The van der Waals surface area contributed by atoms with Crippen molar-refractivity contribution >= 4 is 33.2 Å². The molecule has 21 heavy (non-hydrogen) atoms. The number of carbonyl (C=O) groups excluding carboxylic acids is 1. The van der Waals surface area contributed by atoms with Crippen LogP contribution in [0.1, 0.15) is 23.8 Å². The number of nitrogens with one attached hydrogen (secondary N) is 1. The number of hydrogen-bond donors (Lipinski definition) is 1. The molecule has 0 spiro atoms. The Kier molecular flexibility index (Phi) is 5.07. The van der Waals surface area contributed by atoms with E-state index in [2.05, 4.69) is 28.2 Å². The van der Waals surface area contributed by atoms with Crippen LogP contribution < -0.4 is 10.2 Å². The highest BCUT2D eigenvalue weighted by Crippen LogP contribution is 2.25. The number of carbonyl (C=O) groups is 1. The van der Waals surface area contributed by atoms with E-state index in [0.717, 1.165) is 28.8 Å². The van der Waals surface area contributed by atoms with Gasteiger partial charge in [0, 0.05) is 31.3 Å². The highest BCUT2D eigenvalue weighted by Gasteiger charge is 2.14. The Bertz CT molecular complexity index is 634. The molecule has 0 atom stereocenters. The maximum absolute atomic E-state index is 12.5. The zero-order valence-electron chi connectivity index (χ0n) is 12.6. The molecule has 1 aromatic heterocycles. The van der Waals surface area contributed by atoms with Crippen LogP contribution in [0.25, 0.3) is 0 Å². The first-order chi connectivity index (χ1) is 10.0. The van der Waals surface area contributed by atoms with Gasteiger partial charge in [0.2, 0.25) is 0 Å². The van der Waals surface area contributed by atoms with Gasteiger partial charge in [-0.05, 0) is 40.5 Å². The molecule has 4 nitrogen and oxygen atoms in total. The lowest BCUT2D eigenvalue weighted by atomic mass is 10.2. The second kappa shape index (κ2) is 6.80. The van der Waals surface area contributed by atoms with Crippen molar-refractivity contribution < 1.29 is 4.79 Å². The third-order valence-corrected chi connectivity index (χ3v) is 3.63. The van der Waals surface area contributed by atoms with Crippen molar-refractivity contribution in [2.45, 2.75) is 19.9 Å². The Morgan fingerprint density at radius 3 is 2.71 bits per heavy atom. The molecule has 0 saturated heterocycles. The molecule has 0 bridgehead atoms. The van der Waals surface area contributed by atoms with E-state index in [0.29, 0.717) is 5.69 Å². The molecule has 0 saturated carbocycles. The average Bonchev–Trinajstić information content (AvgIpc) is 2.80. The highest BCUT2D eigenvalue weighted by molar-refractivity contribution is 9.10. The zero-order valence-corrected chi connectivity index (χ0v) is 14.1. The fourth-order valence-electron chi connectivity index (χ4n) is 2.25. The summed E-state index contributed by atoms with van der Waals surface area (Å²) in [4.78, 5) is 14.5. The summed E-state index contributed by atoms with van der Waals surface area (Å²) in [5.74, 6) is -0.0940. The van der Waals surface area contributed by atoms with Crippen molar-refractivity contribution in [2.75, 3.05) is 24.3 Å². The number of benzene rings is 1. The van der Waals surface area contributed by atoms with E-state index in [1.54, 1.807) is 0 Å². The number of aromatic nitrogens is 1. The van der Waals surface area contributed by atoms with E-state index in [1.165, 1.54) is 0 Å². The molecule has 1 N–H and O–H groups in total. The largest absolute Gasteiger partial charge is 0.376 e. The van der Waals surface area contributed by atoms with Crippen LogP contribution in [0.4, 0.5) is 11.4 Å². The molecule has 0 fully saturated rings. The van der Waals surface area contributed by atoms with Crippen LogP contribution in [0.2, 0.25) is 0 Å². The number of halogens is 1. The van der Waals surface area contributed by atoms with Crippen molar-refractivity contribution in [3.63, 3.8) is 0 Å². The minimum Gasteiger partial charge on any atom is -0.376 e. The van der Waals surface area contributed by atoms with Gasteiger partial charge in [-0.25, -0.2) is 0 Å². The molecule has 0 aliphatic carbocycles. The van der Waals surface area contributed by atoms with E-state index in [9.17, 15) is 4.79 Å². The molecule has 0 aliphatic heterocycles. The minimum absolute atomic E-state index is 0.0940. The van der Waals surface area contributed by atoms with Crippen molar-refractivity contribution in [2.24, 2.45) is 0 Å². The number of hydrogen-bond acceptors (Lipinski definition) is 2. The van der Waals surface area contributed by atoms with Gasteiger partial charge < -0.3 is 14.8 Å². The summed E-state index contributed by atoms with van der Waals surface area (Å²) in [6.45, 7) is 2.92. The topological polar surface area (TPSA) is 37.3 Å². The van der Waals surface area contributed by atoms with E-state index >= 15 is 0 Å². The zero-order chi connectivity index (χ0) is 15.4. The molecule has 112 valence electrons. The summed E-state index contributed by atoms with van der Waals surface area (Å²) in [5, 5.41) is 3.00. The molecule has 1 amide bonds. The number of para-hydroxylation sites is 2. The quantitative estimate of drug-likeness (QED) is 0.886. The van der Waals surface area contributed by atoms with E-state index in [-0.39, 0.29) is 5.91 Å². The SMILES string of the molecule is CCCn1cc(Br)cc1C(=O)Nc1ccccc1N(C)C. The molecule has 5 heteroatoms. The summed E-state index contributed by atoms with van der Waals surface area (Å²) >= 11 is 3.44. The Labute approximate surface area is 133 Å². The molecular formula is C16H20BrN3O. The fraction of sp³-hybridized carbons (Fsp3) is 0.312. The third kappa shape index (κ3) is 3.67. The predicted molar refractivity (Wildman–Crippen MR) is 91.1 cm³/mol. The Morgan fingerprint density at radius 1 is 1.33 bits per heavy atom. The van der Waals surface area contributed by atoms with Crippen molar-refractivity contribution in [3.05, 3.63) is 46.7 Å². The van der Waals surface area contributed by atoms with Gasteiger partial charge in [-0.15, -0.1) is 0 Å². The van der Waals surface area contributed by atoms with Crippen molar-refractivity contribution in [1.29, 1.82) is 0 Å². The van der Waals surface area contributed by atoms with Crippen LogP contribution in [0.3, 0.4) is 0 Å². The molecule has 2 aromatic rings. The van der Waals surface area contributed by atoms with Crippen LogP contribution in [0.15, 0.2) is 41.0 Å². The number of amides is 1. The Hall–Kier alpha value is -1.75. The van der Waals surface area contributed by atoms with E-state index in [1.807, 2.05) is 60.1 Å². The lowest BCUT2D eigenvalue weighted by Crippen LogP contribution is -2.19. The first kappa shape index (κ1) is 15.6. The second-order valence-corrected chi connectivity index (χ2v) is 6.02. The first-order valence-corrected chi connectivity index (χ1v) is 7.75. The number of anilines is 2. The van der Waals surface area contributed by atoms with Gasteiger partial charge in [-0.1, -0.05) is 19.1 Å². The molecule has 0 unspecified atom stereocenters. The molecule has 1 aromatic carbocycles. The lowest BCUT2D eigenvalue weighted by molar-refractivity contribution is 0.101. The second-order valence-electron chi connectivity index (χ2n) is 5.10. The molecular weight excluding hydrogens is 330 g/mol. The molecule has 1 heterocycles. The summed E-state index contributed by atoms with van der Waals surface area (Å²) in [5.41, 5.74) is 2.46. The van der Waals surface area contributed by atoms with Gasteiger partial charge in [0.05, 0.1) is 11.4 Å². The molecule has 2 rings (SSSR count). The van der Waals surface area contributed by atoms with Gasteiger partial charge in [-0.3, -0.25) is 4.79 Å². The van der Waals surface area contributed by atoms with Gasteiger partial charge >= 0.3 is 0 Å². The maximum atomic E-state index is 12.5. The van der Waals surface area contributed by atoms with Crippen LogP contribution in [-0.2, 0) is 6.54 Å². The van der Waals surface area contributed by atoms with Crippen molar-refractivity contribution in [3.8, 4) is 0 Å². The first-order valence-electron chi connectivity index (χ1n) is 6.96. The van der Waals surface area contributed by atoms with Crippen LogP contribution in [0.5, 0.6) is 0 Å². The fourth-order valence-corrected chi connectivity index (χ4v) is 2.71. The predicted octanol–water partition coefficient (Wildman–Crippen LogP) is 3.98. The van der Waals surface area contributed by atoms with Gasteiger partial charge in [0.1, 0.15) is 5.69 Å². The van der Waals surface area contributed by atoms with Crippen molar-refractivity contribution in [1.82, 2.24) is 4.57 Å². The summed E-state index contributed by atoms with van der Waals surface area (Å²) in [6.07, 6.45) is 2.92. The van der Waals surface area contributed by atoms with E-state index in [4.69, 9.17) is 0 Å². The standard InChI is InChI=1S/C16H20BrN3O/c1-4-9-20-11-12(17)10-15(20)16(21)18-13-7-5-6-8-14(13)19(2)3/h5-8,10-11H,4,9H2,1-3H3,(H,18,21). The number of nitrogens with zero attached hydrogens (tertiary/aromatic N) is 2. The molecule has 0 radical (unpaired) electrons. The number of rotatable bonds is 5. The van der Waals surface area contributed by atoms with Gasteiger partial charge in [0.25, 0.3) is 5.91 Å². The van der Waals surface area contributed by atoms with Crippen LogP contribution in [-0.4, -0.2) is 24.6 Å². The van der Waals surface area contributed by atoms with Gasteiger partial charge in [0.15, 0.2) is 0 Å². The lowest BCUT2D eigenvalue weighted by Gasteiger charge is -2.18. The summed E-state index contributed by atoms with van der Waals surface area (Å²) in [6, 6.07) is 9.63. The minimum atomic E-state index is -0.0940. The highest BCUT2D eigenvalue weighted by atomic mass is 79.9. The Morgan fingerprint density at radius 2 is 2.05 bits per heavy atom. The average molecular weight is 350 g/mol. The third-order valence-electron chi connectivity index (χ3n) is 3.19. The molecule has 0 aliphatic rings. The van der Waals surface area contributed by atoms with Crippen LogP contribution in [0, 0.1) is 0 Å². The Balaban J connectivity index is 2.26. The summed E-state index contributed by atoms with van der Waals surface area (Å²) < 4.78 is 2.89. The van der Waals surface area contributed by atoms with Crippen LogP contribution >= 0.6 is 15.9 Å².